The van der Waals surface area contributed by atoms with Gasteiger partial charge >= 0.3 is 0 Å². The molecular formula is C27H29Cl2N3O4S. The molecule has 3 aromatic rings. The topological polar surface area (TPSA) is 86.8 Å². The lowest BCUT2D eigenvalue weighted by molar-refractivity contribution is -0.139. The van der Waals surface area contributed by atoms with E-state index in [1.807, 2.05) is 6.92 Å². The predicted octanol–water partition coefficient (Wildman–Crippen LogP) is 4.97. The van der Waals surface area contributed by atoms with E-state index in [9.17, 15) is 18.0 Å². The summed E-state index contributed by atoms with van der Waals surface area (Å²) < 4.78 is 28.7. The van der Waals surface area contributed by atoms with Gasteiger partial charge in [0.1, 0.15) is 12.6 Å². The van der Waals surface area contributed by atoms with Crippen molar-refractivity contribution >= 4 is 50.7 Å². The van der Waals surface area contributed by atoms with Crippen molar-refractivity contribution in [1.82, 2.24) is 10.2 Å². The van der Waals surface area contributed by atoms with Gasteiger partial charge in [-0.15, -0.1) is 0 Å². The van der Waals surface area contributed by atoms with Gasteiger partial charge in [0.15, 0.2) is 0 Å². The summed E-state index contributed by atoms with van der Waals surface area (Å²) in [6, 6.07) is 17.2. The number of hydrogen-bond donors (Lipinski definition) is 1. The lowest BCUT2D eigenvalue weighted by atomic mass is 10.1. The normalized spacial score (nSPS) is 12.1. The van der Waals surface area contributed by atoms with E-state index >= 15 is 0 Å². The molecule has 0 radical (unpaired) electrons. The van der Waals surface area contributed by atoms with Crippen LogP contribution in [-0.2, 0) is 26.2 Å². The van der Waals surface area contributed by atoms with Crippen molar-refractivity contribution < 1.29 is 18.0 Å². The smallest absolute Gasteiger partial charge is 0.264 e. The zero-order valence-electron chi connectivity index (χ0n) is 21.0. The van der Waals surface area contributed by atoms with Gasteiger partial charge in [-0.3, -0.25) is 13.9 Å². The monoisotopic (exact) mass is 561 g/mol. The van der Waals surface area contributed by atoms with Crippen molar-refractivity contribution in [1.29, 1.82) is 0 Å². The van der Waals surface area contributed by atoms with Gasteiger partial charge in [0.25, 0.3) is 10.0 Å². The maximum atomic E-state index is 13.8. The fraction of sp³-hybridized carbons (Fsp3) is 0.259. The van der Waals surface area contributed by atoms with Crippen molar-refractivity contribution in [2.75, 3.05) is 17.9 Å². The van der Waals surface area contributed by atoms with E-state index in [2.05, 4.69) is 5.32 Å². The molecule has 10 heteroatoms. The Bertz CT molecular complexity index is 1380. The van der Waals surface area contributed by atoms with Crippen LogP contribution in [0.3, 0.4) is 0 Å². The number of likely N-dealkylation sites (N-methyl/N-ethyl adjacent to an activating group) is 1. The summed E-state index contributed by atoms with van der Waals surface area (Å²) in [5, 5.41) is 3.54. The lowest BCUT2D eigenvalue weighted by Crippen LogP contribution is -2.50. The second-order valence-electron chi connectivity index (χ2n) is 8.69. The van der Waals surface area contributed by atoms with Gasteiger partial charge in [-0.1, -0.05) is 53.0 Å². The highest BCUT2D eigenvalue weighted by molar-refractivity contribution is 7.92. The molecule has 3 rings (SSSR count). The molecule has 7 nitrogen and oxygen atoms in total. The molecule has 0 fully saturated rings. The third-order valence-corrected chi connectivity index (χ3v) is 8.26. The molecule has 0 aliphatic carbocycles. The first-order valence-electron chi connectivity index (χ1n) is 11.5. The van der Waals surface area contributed by atoms with E-state index in [1.54, 1.807) is 68.4 Å². The van der Waals surface area contributed by atoms with Crippen LogP contribution >= 0.6 is 23.2 Å². The van der Waals surface area contributed by atoms with Crippen LogP contribution in [0.5, 0.6) is 0 Å². The molecule has 0 saturated carbocycles. The number of nitrogens with one attached hydrogen (secondary N) is 1. The van der Waals surface area contributed by atoms with Crippen LogP contribution in [0.2, 0.25) is 10.0 Å². The first kappa shape index (κ1) is 28.5. The van der Waals surface area contributed by atoms with E-state index < -0.39 is 28.5 Å². The van der Waals surface area contributed by atoms with Gasteiger partial charge in [-0.2, -0.15) is 0 Å². The third-order valence-electron chi connectivity index (χ3n) is 6.00. The number of halogens is 2. The van der Waals surface area contributed by atoms with E-state index in [1.165, 1.54) is 24.1 Å². The van der Waals surface area contributed by atoms with E-state index in [0.717, 1.165) is 15.4 Å². The minimum absolute atomic E-state index is 0.0452. The Morgan fingerprint density at radius 3 is 2.08 bits per heavy atom. The molecule has 0 heterocycles. The van der Waals surface area contributed by atoms with Crippen LogP contribution < -0.4 is 9.62 Å². The van der Waals surface area contributed by atoms with Gasteiger partial charge in [0, 0.05) is 23.6 Å². The molecule has 0 aromatic heterocycles. The molecule has 0 aliphatic heterocycles. The zero-order valence-corrected chi connectivity index (χ0v) is 23.4. The fourth-order valence-electron chi connectivity index (χ4n) is 3.83. The van der Waals surface area contributed by atoms with Crippen molar-refractivity contribution in [3.8, 4) is 0 Å². The van der Waals surface area contributed by atoms with E-state index in [-0.39, 0.29) is 17.3 Å². The van der Waals surface area contributed by atoms with Crippen molar-refractivity contribution in [3.63, 3.8) is 0 Å². The van der Waals surface area contributed by atoms with E-state index in [4.69, 9.17) is 23.2 Å². The summed E-state index contributed by atoms with van der Waals surface area (Å²) in [6.07, 6.45) is 0. The Kier molecular flexibility index (Phi) is 9.23. The molecule has 3 aromatic carbocycles. The van der Waals surface area contributed by atoms with Gasteiger partial charge in [-0.05, 0) is 74.4 Å². The second kappa shape index (κ2) is 12.0. The largest absolute Gasteiger partial charge is 0.357 e. The van der Waals surface area contributed by atoms with Gasteiger partial charge in [0.05, 0.1) is 10.6 Å². The molecular weight excluding hydrogens is 533 g/mol. The van der Waals surface area contributed by atoms with Crippen LogP contribution in [0, 0.1) is 13.8 Å². The highest BCUT2D eigenvalue weighted by Crippen LogP contribution is 2.29. The van der Waals surface area contributed by atoms with Gasteiger partial charge < -0.3 is 10.2 Å². The average Bonchev–Trinajstić information content (AvgIpc) is 2.86. The Balaban J connectivity index is 2.06. The Hall–Kier alpha value is -3.07. The Morgan fingerprint density at radius 1 is 0.919 bits per heavy atom. The number of amides is 2. The number of nitrogens with zero attached hydrogens (tertiary/aromatic N) is 2. The van der Waals surface area contributed by atoms with Crippen molar-refractivity contribution in [3.05, 3.63) is 93.5 Å². The second-order valence-corrected chi connectivity index (χ2v) is 11.4. The number of sulfonamides is 1. The van der Waals surface area contributed by atoms with Crippen LogP contribution in [0.4, 0.5) is 5.69 Å². The van der Waals surface area contributed by atoms with Crippen LogP contribution in [-0.4, -0.2) is 44.8 Å². The molecule has 0 spiro atoms. The number of rotatable bonds is 9. The van der Waals surface area contributed by atoms with Crippen molar-refractivity contribution in [2.45, 2.75) is 38.3 Å². The Morgan fingerprint density at radius 2 is 1.51 bits per heavy atom. The summed E-state index contributed by atoms with van der Waals surface area (Å²) in [4.78, 5) is 27.7. The number of aryl methyl sites for hydroxylation is 2. The quantitative estimate of drug-likeness (QED) is 0.399. The SMILES string of the molecule is CNC(=O)[C@@H](C)N(Cc1ccc(Cl)cc1)C(=O)CN(c1ccc(Cl)cc1C)S(=O)(=O)c1ccc(C)cc1. The molecule has 0 bridgehead atoms. The van der Waals surface area contributed by atoms with Crippen LogP contribution in [0.15, 0.2) is 71.6 Å². The summed E-state index contributed by atoms with van der Waals surface area (Å²) in [7, 11) is -2.66. The van der Waals surface area contributed by atoms with Crippen molar-refractivity contribution in [2.24, 2.45) is 0 Å². The summed E-state index contributed by atoms with van der Waals surface area (Å²) in [6.45, 7) is 4.74. The molecule has 1 N–H and O–H groups in total. The van der Waals surface area contributed by atoms with E-state index in [0.29, 0.717) is 21.3 Å². The summed E-state index contributed by atoms with van der Waals surface area (Å²) in [5.41, 5.74) is 2.54. The lowest BCUT2D eigenvalue weighted by Gasteiger charge is -2.32. The molecule has 0 aliphatic rings. The maximum absolute atomic E-state index is 13.8. The maximum Gasteiger partial charge on any atom is 0.264 e. The number of carbonyl (C=O) groups excluding carboxylic acids is 2. The highest BCUT2D eigenvalue weighted by atomic mass is 35.5. The predicted molar refractivity (Wildman–Crippen MR) is 147 cm³/mol. The molecule has 0 saturated heterocycles. The summed E-state index contributed by atoms with van der Waals surface area (Å²) in [5.74, 6) is -0.922. The standard InChI is InChI=1S/C27H29Cl2N3O4S/c1-18-5-12-24(13-6-18)37(35,36)32(25-14-11-23(29)15-19(25)2)17-26(33)31(20(3)27(34)30-4)16-21-7-9-22(28)10-8-21/h5-15,20H,16-17H2,1-4H3,(H,30,34)/t20-/m1/s1. The van der Waals surface area contributed by atoms with Crippen LogP contribution in [0.1, 0.15) is 23.6 Å². The number of hydrogen-bond acceptors (Lipinski definition) is 4. The fourth-order valence-corrected chi connectivity index (χ4v) is 5.66. The Labute approximate surface area is 228 Å². The first-order chi connectivity index (χ1) is 17.4. The minimum Gasteiger partial charge on any atom is -0.357 e. The van der Waals surface area contributed by atoms with Gasteiger partial charge in [-0.25, -0.2) is 8.42 Å². The molecule has 1 atom stereocenters. The average molecular weight is 563 g/mol. The molecule has 37 heavy (non-hydrogen) atoms. The molecule has 0 unspecified atom stereocenters. The molecule has 2 amide bonds. The van der Waals surface area contributed by atoms with Gasteiger partial charge in [0.2, 0.25) is 11.8 Å². The highest BCUT2D eigenvalue weighted by Gasteiger charge is 2.33. The first-order valence-corrected chi connectivity index (χ1v) is 13.7. The van der Waals surface area contributed by atoms with Crippen LogP contribution in [0.25, 0.3) is 0 Å². The molecule has 196 valence electrons. The minimum atomic E-state index is -4.14. The zero-order chi connectivity index (χ0) is 27.3. The summed E-state index contributed by atoms with van der Waals surface area (Å²) >= 11 is 12.1. The number of anilines is 1. The number of benzene rings is 3. The third kappa shape index (κ3) is 6.83. The number of carbonyl (C=O) groups is 2.